The van der Waals surface area contributed by atoms with Crippen LogP contribution in [0, 0.1) is 0 Å². The van der Waals surface area contributed by atoms with Gasteiger partial charge in [-0.3, -0.25) is 14.5 Å². The van der Waals surface area contributed by atoms with E-state index < -0.39 is 6.04 Å². The number of nitrogens with zero attached hydrogens (tertiary/aromatic N) is 3. The van der Waals surface area contributed by atoms with Crippen molar-refractivity contribution in [3.05, 3.63) is 47.5 Å². The van der Waals surface area contributed by atoms with Gasteiger partial charge in [0.1, 0.15) is 0 Å². The molecule has 2 amide bonds. The second kappa shape index (κ2) is 13.7. The summed E-state index contributed by atoms with van der Waals surface area (Å²) in [4.78, 5) is 37.4. The maximum atomic E-state index is 13.2. The van der Waals surface area contributed by atoms with E-state index in [1.165, 1.54) is 12.8 Å². The van der Waals surface area contributed by atoms with Crippen LogP contribution in [0.3, 0.4) is 0 Å². The number of H-pyrrole nitrogens is 1. The molecule has 2 aromatic rings. The highest BCUT2D eigenvalue weighted by atomic mass is 16.5. The van der Waals surface area contributed by atoms with E-state index >= 15 is 0 Å². The number of aliphatic hydroxyl groups excluding tert-OH is 1. The summed E-state index contributed by atoms with van der Waals surface area (Å²) in [6.45, 7) is 5.35. The second-order valence-electron chi connectivity index (χ2n) is 10.2. The summed E-state index contributed by atoms with van der Waals surface area (Å²) in [5, 5.41) is 12.8. The monoisotopic (exact) mass is 511 g/mol. The molecule has 1 fully saturated rings. The number of amides is 2. The third-order valence-corrected chi connectivity index (χ3v) is 7.50. The number of benzene rings is 1. The lowest BCUT2D eigenvalue weighted by molar-refractivity contribution is -0.116. The van der Waals surface area contributed by atoms with Crippen molar-refractivity contribution in [3.63, 3.8) is 0 Å². The maximum Gasteiger partial charge on any atom is 0.251 e. The number of anilines is 1. The van der Waals surface area contributed by atoms with Gasteiger partial charge in [-0.1, -0.05) is 19.3 Å². The number of aromatic amines is 1. The Morgan fingerprint density at radius 1 is 1.16 bits per heavy atom. The molecule has 0 spiro atoms. The van der Waals surface area contributed by atoms with E-state index in [0.717, 1.165) is 68.8 Å². The van der Waals surface area contributed by atoms with Crippen LogP contribution in [-0.4, -0.2) is 76.8 Å². The Hall–Kier alpha value is -2.75. The van der Waals surface area contributed by atoms with Crippen molar-refractivity contribution < 1.29 is 19.4 Å². The van der Waals surface area contributed by atoms with Crippen molar-refractivity contribution in [3.8, 4) is 0 Å². The van der Waals surface area contributed by atoms with Gasteiger partial charge in [-0.15, -0.1) is 0 Å². The summed E-state index contributed by atoms with van der Waals surface area (Å²) in [6, 6.07) is 5.65. The minimum atomic E-state index is -0.429. The molecule has 4 rings (SSSR count). The van der Waals surface area contributed by atoms with Gasteiger partial charge in [-0.25, -0.2) is 4.98 Å². The van der Waals surface area contributed by atoms with Gasteiger partial charge in [-0.05, 0) is 56.0 Å². The Kier molecular flexibility index (Phi) is 10.1. The zero-order valence-corrected chi connectivity index (χ0v) is 22.0. The highest BCUT2D eigenvalue weighted by Gasteiger charge is 2.25. The first-order chi connectivity index (χ1) is 18.0. The van der Waals surface area contributed by atoms with Crippen molar-refractivity contribution in [2.45, 2.75) is 76.9 Å². The number of aliphatic hydroxyl groups is 1. The summed E-state index contributed by atoms with van der Waals surface area (Å²) in [5.74, 6) is -0.215. The first-order valence-corrected chi connectivity index (χ1v) is 13.7. The van der Waals surface area contributed by atoms with E-state index in [2.05, 4.69) is 20.2 Å². The number of hydrogen-bond acceptors (Lipinski definition) is 6. The normalized spacial score (nSPS) is 19.4. The van der Waals surface area contributed by atoms with E-state index in [9.17, 15) is 14.7 Å². The Balaban J connectivity index is 1.61. The van der Waals surface area contributed by atoms with Crippen LogP contribution in [0.5, 0.6) is 0 Å². The van der Waals surface area contributed by atoms with Crippen LogP contribution < -0.4 is 10.2 Å². The minimum absolute atomic E-state index is 0.0213. The largest absolute Gasteiger partial charge is 0.394 e. The molecule has 3 heterocycles. The number of carbonyl (C=O) groups is 2. The fraction of sp³-hybridized carbons (Fsp3) is 0.607. The second-order valence-corrected chi connectivity index (χ2v) is 10.2. The molecule has 0 bridgehead atoms. The lowest BCUT2D eigenvalue weighted by Gasteiger charge is -2.36. The van der Waals surface area contributed by atoms with Crippen molar-refractivity contribution >= 4 is 17.5 Å². The quantitative estimate of drug-likeness (QED) is 0.550. The minimum Gasteiger partial charge on any atom is -0.394 e. The van der Waals surface area contributed by atoms with E-state index in [0.29, 0.717) is 31.1 Å². The smallest absolute Gasteiger partial charge is 0.251 e. The molecule has 2 aliphatic heterocycles. The molecule has 2 aliphatic rings. The van der Waals surface area contributed by atoms with Crippen LogP contribution in [0.4, 0.5) is 5.69 Å². The molecule has 0 unspecified atom stereocenters. The van der Waals surface area contributed by atoms with E-state index in [-0.39, 0.29) is 18.4 Å². The van der Waals surface area contributed by atoms with Crippen molar-refractivity contribution in [1.29, 1.82) is 0 Å². The predicted octanol–water partition coefficient (Wildman–Crippen LogP) is 3.04. The molecule has 1 atom stereocenters. The summed E-state index contributed by atoms with van der Waals surface area (Å²) in [6.07, 6.45) is 11.3. The Morgan fingerprint density at radius 2 is 1.92 bits per heavy atom. The van der Waals surface area contributed by atoms with Crippen molar-refractivity contribution in [2.24, 2.45) is 0 Å². The molecule has 1 aromatic carbocycles. The average Bonchev–Trinajstić information content (AvgIpc) is 3.42. The standard InChI is InChI=1S/C28H41N5O4/c1-21(35)33-12-6-4-2-3-5-11-32(26-9-13-37-14-10-26)18-23-15-22(7-8-27(23)33)28(36)31-25(19-34)16-24-17-29-20-30-24/h7-8,15,17,20,25-26,34H,2-6,9-14,16,18-19H2,1H3,(H,29,30)(H,31,36)/t25-/m0/s1. The van der Waals surface area contributed by atoms with Crippen molar-refractivity contribution in [1.82, 2.24) is 20.2 Å². The van der Waals surface area contributed by atoms with Gasteiger partial charge in [0.05, 0.1) is 19.0 Å². The zero-order valence-electron chi connectivity index (χ0n) is 22.0. The molecule has 0 radical (unpaired) electrons. The number of ether oxygens (including phenoxy) is 1. The van der Waals surface area contributed by atoms with Gasteiger partial charge in [0.15, 0.2) is 0 Å². The molecule has 9 heteroatoms. The van der Waals surface area contributed by atoms with E-state index in [1.54, 1.807) is 25.5 Å². The van der Waals surface area contributed by atoms with Gasteiger partial charge in [0.25, 0.3) is 5.91 Å². The molecule has 37 heavy (non-hydrogen) atoms. The van der Waals surface area contributed by atoms with Crippen LogP contribution in [0.25, 0.3) is 0 Å². The van der Waals surface area contributed by atoms with Crippen LogP contribution >= 0.6 is 0 Å². The molecule has 0 aliphatic carbocycles. The molecule has 1 aromatic heterocycles. The molecule has 202 valence electrons. The number of imidazole rings is 1. The van der Waals surface area contributed by atoms with E-state index in [1.807, 2.05) is 17.0 Å². The predicted molar refractivity (Wildman–Crippen MR) is 142 cm³/mol. The van der Waals surface area contributed by atoms with Crippen molar-refractivity contribution in [2.75, 3.05) is 37.8 Å². The molecule has 1 saturated heterocycles. The van der Waals surface area contributed by atoms with Gasteiger partial charge in [-0.2, -0.15) is 0 Å². The van der Waals surface area contributed by atoms with Gasteiger partial charge >= 0.3 is 0 Å². The average molecular weight is 512 g/mol. The Morgan fingerprint density at radius 3 is 2.62 bits per heavy atom. The third-order valence-electron chi connectivity index (χ3n) is 7.50. The highest BCUT2D eigenvalue weighted by molar-refractivity contribution is 5.97. The lowest BCUT2D eigenvalue weighted by atomic mass is 10.0. The summed E-state index contributed by atoms with van der Waals surface area (Å²) in [7, 11) is 0. The maximum absolute atomic E-state index is 13.2. The van der Waals surface area contributed by atoms with Gasteiger partial charge in [0.2, 0.25) is 5.91 Å². The van der Waals surface area contributed by atoms with E-state index in [4.69, 9.17) is 4.74 Å². The number of aromatic nitrogens is 2. The first kappa shape index (κ1) is 27.3. The molecule has 0 saturated carbocycles. The third kappa shape index (κ3) is 7.63. The number of carbonyl (C=O) groups excluding carboxylic acids is 2. The molecular formula is C28H41N5O4. The molecule has 9 nitrogen and oxygen atoms in total. The van der Waals surface area contributed by atoms with Crippen LogP contribution in [0.15, 0.2) is 30.7 Å². The van der Waals surface area contributed by atoms with Crippen LogP contribution in [-0.2, 0) is 22.5 Å². The number of rotatable bonds is 6. The number of nitrogens with one attached hydrogen (secondary N) is 2. The van der Waals surface area contributed by atoms with Gasteiger partial charge < -0.3 is 25.0 Å². The van der Waals surface area contributed by atoms with Crippen LogP contribution in [0.2, 0.25) is 0 Å². The first-order valence-electron chi connectivity index (χ1n) is 13.7. The fourth-order valence-corrected chi connectivity index (χ4v) is 5.43. The molecule has 3 N–H and O–H groups in total. The Bertz CT molecular complexity index is 1010. The topological polar surface area (TPSA) is 111 Å². The SMILES string of the molecule is CC(=O)N1CCCCCCCN(C2CCOCC2)Cc2cc(C(=O)N[C@H](CO)Cc3cnc[nH]3)ccc21. The zero-order chi connectivity index (χ0) is 26.0. The Labute approximate surface area is 219 Å². The molecular weight excluding hydrogens is 470 g/mol. The summed E-state index contributed by atoms with van der Waals surface area (Å²) >= 11 is 0. The van der Waals surface area contributed by atoms with Crippen LogP contribution in [0.1, 0.15) is 73.5 Å². The van der Waals surface area contributed by atoms with Gasteiger partial charge in [0, 0.05) is 68.8 Å². The summed E-state index contributed by atoms with van der Waals surface area (Å²) in [5.41, 5.74) is 3.26. The lowest BCUT2D eigenvalue weighted by Crippen LogP contribution is -2.41. The highest BCUT2D eigenvalue weighted by Crippen LogP contribution is 2.28. The number of hydrogen-bond donors (Lipinski definition) is 3. The fourth-order valence-electron chi connectivity index (χ4n) is 5.43. The summed E-state index contributed by atoms with van der Waals surface area (Å²) < 4.78 is 5.62. The number of fused-ring (bicyclic) bond motifs is 1.